The summed E-state index contributed by atoms with van der Waals surface area (Å²) in [4.78, 5) is 92.0. The standard InChI is InChI=1S/C53H69ClN6O12/c1-29(2)23-42-50(65)70-40(11-10-12-43(61)60-39(25-35-17-22-41(68-9)38(54)24-35)48(63)57-28-53(7,8)51(66)71-42)31(5)45-46(72-45)36-18-13-33(14-19-36)26-56-52(67)69-27-34-15-20-37(21-16-34)59-47(62)32(6)58-49(64)44(55)30(3)4/h10,12-22,24,29-32,39-40,42,44-46H,11,23,25-28,55H2,1-9H3,(H,56,67)(H,57,63)(H,58,64)(H,59,62)(H,60,61)/b12-10+/t31?,32-,39?,40-,42-,44-,45+,46+/m0/s1. The average Bonchev–Trinajstić information content (AvgIpc) is 4.14. The van der Waals surface area contributed by atoms with Crippen LogP contribution in [-0.2, 0) is 67.3 Å². The number of nitrogens with two attached hydrogens (primary N) is 1. The average molecular weight is 1020 g/mol. The summed E-state index contributed by atoms with van der Waals surface area (Å²) >= 11 is 6.37. The van der Waals surface area contributed by atoms with Crippen molar-refractivity contribution in [2.45, 2.75) is 130 Å². The van der Waals surface area contributed by atoms with E-state index in [4.69, 9.17) is 41.0 Å². The van der Waals surface area contributed by atoms with Crippen molar-refractivity contribution >= 4 is 58.9 Å². The van der Waals surface area contributed by atoms with Crippen LogP contribution in [0.25, 0.3) is 0 Å². The third-order valence-electron chi connectivity index (χ3n) is 12.4. The molecule has 1 saturated heterocycles. The van der Waals surface area contributed by atoms with E-state index < -0.39 is 77.4 Å². The summed E-state index contributed by atoms with van der Waals surface area (Å²) in [7, 11) is 1.49. The van der Waals surface area contributed by atoms with E-state index in [1.54, 1.807) is 69.3 Å². The maximum Gasteiger partial charge on any atom is 0.407 e. The van der Waals surface area contributed by atoms with E-state index in [0.29, 0.717) is 27.6 Å². The molecule has 3 aromatic rings. The number of carbonyl (C=O) groups excluding carboxylic acids is 7. The number of ether oxygens (including phenoxy) is 5. The highest BCUT2D eigenvalue weighted by molar-refractivity contribution is 6.32. The summed E-state index contributed by atoms with van der Waals surface area (Å²) in [6.45, 7) is 14.1. The zero-order valence-corrected chi connectivity index (χ0v) is 43.1. The number of nitrogens with one attached hydrogen (secondary N) is 5. The van der Waals surface area contributed by atoms with Gasteiger partial charge < -0.3 is 56.0 Å². The number of hydrogen-bond acceptors (Lipinski definition) is 13. The second kappa shape index (κ2) is 25.7. The van der Waals surface area contributed by atoms with Gasteiger partial charge in [-0.25, -0.2) is 9.59 Å². The molecule has 3 aromatic carbocycles. The minimum absolute atomic E-state index is 0.0151. The number of alkyl carbamates (subject to hydrolysis) is 1. The van der Waals surface area contributed by atoms with Gasteiger partial charge >= 0.3 is 18.0 Å². The van der Waals surface area contributed by atoms with Crippen LogP contribution in [0.4, 0.5) is 10.5 Å². The highest BCUT2D eigenvalue weighted by Crippen LogP contribution is 2.45. The van der Waals surface area contributed by atoms with Gasteiger partial charge in [0.05, 0.1) is 29.7 Å². The Morgan fingerprint density at radius 3 is 2.19 bits per heavy atom. The van der Waals surface area contributed by atoms with Crippen LogP contribution in [0.5, 0.6) is 5.75 Å². The number of rotatable bonds is 17. The molecule has 0 aromatic heterocycles. The highest BCUT2D eigenvalue weighted by atomic mass is 35.5. The summed E-state index contributed by atoms with van der Waals surface area (Å²) in [5, 5.41) is 14.0. The van der Waals surface area contributed by atoms with Crippen LogP contribution in [0, 0.1) is 23.2 Å². The SMILES string of the molecule is COc1ccc(CC2NC(=O)/C=C/C[C@@H](C(C)[C@H]3O[C@@H]3c3ccc(CNC(=O)OCc4ccc(NC(=O)[C@H](C)NC(=O)[C@@H](N)C(C)C)cc4)cc3)OC(=O)[C@H](CC(C)C)OC(=O)C(C)(C)CNC2=O)cc1Cl. The first-order valence-electron chi connectivity index (χ1n) is 24.1. The molecule has 2 unspecified atom stereocenters. The number of halogens is 1. The number of methoxy groups -OCH3 is 1. The number of hydrogen-bond donors (Lipinski definition) is 6. The Kier molecular flexibility index (Phi) is 20.2. The molecule has 7 N–H and O–H groups in total. The molecular weight excluding hydrogens is 948 g/mol. The number of esters is 2. The number of cyclic esters (lactones) is 2. The maximum absolute atomic E-state index is 13.9. The van der Waals surface area contributed by atoms with Crippen LogP contribution in [0.1, 0.15) is 96.6 Å². The van der Waals surface area contributed by atoms with Gasteiger partial charge in [-0.15, -0.1) is 0 Å². The first-order chi connectivity index (χ1) is 34.0. The van der Waals surface area contributed by atoms with Crippen molar-refractivity contribution < 1.29 is 57.2 Å². The molecule has 0 radical (unpaired) electrons. The quantitative estimate of drug-likeness (QED) is 0.0518. The molecule has 8 atom stereocenters. The van der Waals surface area contributed by atoms with Crippen LogP contribution >= 0.6 is 11.6 Å². The van der Waals surface area contributed by atoms with Gasteiger partial charge in [0.15, 0.2) is 6.10 Å². The van der Waals surface area contributed by atoms with Gasteiger partial charge in [0.1, 0.15) is 36.6 Å². The van der Waals surface area contributed by atoms with Crippen LogP contribution in [0.3, 0.4) is 0 Å². The second-order valence-electron chi connectivity index (χ2n) is 19.7. The molecule has 5 rings (SSSR count). The summed E-state index contributed by atoms with van der Waals surface area (Å²) in [6.07, 6.45) is -0.137. The van der Waals surface area contributed by atoms with E-state index in [0.717, 1.165) is 11.1 Å². The van der Waals surface area contributed by atoms with Crippen LogP contribution in [0.2, 0.25) is 5.02 Å². The summed E-state index contributed by atoms with van der Waals surface area (Å²) < 4.78 is 28.8. The molecule has 19 heteroatoms. The lowest BCUT2D eigenvalue weighted by molar-refractivity contribution is -0.179. The zero-order valence-electron chi connectivity index (χ0n) is 42.4. The fourth-order valence-corrected chi connectivity index (χ4v) is 7.91. The molecule has 1 fully saturated rings. The maximum atomic E-state index is 13.9. The van der Waals surface area contributed by atoms with Crippen molar-refractivity contribution in [2.75, 3.05) is 19.0 Å². The number of amides is 5. The number of carbonyl (C=O) groups is 7. The van der Waals surface area contributed by atoms with Gasteiger partial charge in [0.2, 0.25) is 23.6 Å². The molecule has 0 saturated carbocycles. The minimum atomic E-state index is -1.26. The zero-order chi connectivity index (χ0) is 52.9. The third kappa shape index (κ3) is 16.5. The summed E-state index contributed by atoms with van der Waals surface area (Å²) in [5.74, 6) is -3.40. The first-order valence-corrected chi connectivity index (χ1v) is 24.5. The summed E-state index contributed by atoms with van der Waals surface area (Å²) in [5.41, 5.74) is 8.12. The Hall–Kier alpha value is -6.50. The van der Waals surface area contributed by atoms with Gasteiger partial charge in [-0.3, -0.25) is 24.0 Å². The molecule has 2 heterocycles. The normalized spacial score (nSPS) is 22.2. The summed E-state index contributed by atoms with van der Waals surface area (Å²) in [6, 6.07) is 16.7. The molecule has 390 valence electrons. The fraction of sp³-hybridized carbons (Fsp3) is 0.491. The monoisotopic (exact) mass is 1020 g/mol. The Labute approximate surface area is 426 Å². The smallest absolute Gasteiger partial charge is 0.407 e. The van der Waals surface area contributed by atoms with Gasteiger partial charge in [-0.05, 0) is 91.6 Å². The van der Waals surface area contributed by atoms with E-state index in [-0.39, 0.29) is 68.9 Å². The van der Waals surface area contributed by atoms with E-state index in [2.05, 4.69) is 26.6 Å². The number of epoxide rings is 1. The third-order valence-corrected chi connectivity index (χ3v) is 12.7. The molecule has 72 heavy (non-hydrogen) atoms. The van der Waals surface area contributed by atoms with Crippen LogP contribution in [0.15, 0.2) is 78.9 Å². The second-order valence-corrected chi connectivity index (χ2v) is 20.1. The number of anilines is 1. The first kappa shape index (κ1) is 56.4. The molecule has 0 spiro atoms. The predicted octanol–water partition coefficient (Wildman–Crippen LogP) is 5.98. The van der Waals surface area contributed by atoms with Crippen molar-refractivity contribution in [1.29, 1.82) is 0 Å². The number of benzene rings is 3. The van der Waals surface area contributed by atoms with E-state index in [1.165, 1.54) is 13.2 Å². The molecule has 18 nitrogen and oxygen atoms in total. The molecule has 2 aliphatic heterocycles. The van der Waals surface area contributed by atoms with E-state index in [9.17, 15) is 33.6 Å². The molecule has 5 amide bonds. The molecular formula is C53H69ClN6O12. The van der Waals surface area contributed by atoms with Crippen molar-refractivity contribution in [3.63, 3.8) is 0 Å². The van der Waals surface area contributed by atoms with Crippen molar-refractivity contribution in [3.05, 3.63) is 106 Å². The topological polar surface area (TPSA) is 255 Å². The lowest BCUT2D eigenvalue weighted by Gasteiger charge is -2.29. The molecule has 0 aliphatic carbocycles. The Bertz CT molecular complexity index is 2430. The van der Waals surface area contributed by atoms with Gasteiger partial charge in [-0.1, -0.05) is 94.8 Å². The Morgan fingerprint density at radius 1 is 0.889 bits per heavy atom. The minimum Gasteiger partial charge on any atom is -0.495 e. The largest absolute Gasteiger partial charge is 0.495 e. The van der Waals surface area contributed by atoms with E-state index >= 15 is 0 Å². The predicted molar refractivity (Wildman–Crippen MR) is 269 cm³/mol. The van der Waals surface area contributed by atoms with Crippen molar-refractivity contribution in [3.8, 4) is 5.75 Å². The fourth-order valence-electron chi connectivity index (χ4n) is 7.63. The van der Waals surface area contributed by atoms with E-state index in [1.807, 2.05) is 58.9 Å². The van der Waals surface area contributed by atoms with Gasteiger partial charge in [-0.2, -0.15) is 0 Å². The Morgan fingerprint density at radius 2 is 1.56 bits per heavy atom. The van der Waals surface area contributed by atoms with Crippen LogP contribution < -0.4 is 37.1 Å². The van der Waals surface area contributed by atoms with Crippen molar-refractivity contribution in [2.24, 2.45) is 28.9 Å². The Balaban J connectivity index is 1.18. The molecule has 0 bridgehead atoms. The lowest BCUT2D eigenvalue weighted by atomic mass is 9.92. The highest BCUT2D eigenvalue weighted by Gasteiger charge is 2.48. The van der Waals surface area contributed by atoms with Crippen molar-refractivity contribution in [1.82, 2.24) is 21.3 Å². The molecule has 2 aliphatic rings. The lowest BCUT2D eigenvalue weighted by Crippen LogP contribution is -2.51. The van der Waals surface area contributed by atoms with Crippen LogP contribution in [-0.4, -0.2) is 91.8 Å². The van der Waals surface area contributed by atoms with Gasteiger partial charge in [0, 0.05) is 37.5 Å². The van der Waals surface area contributed by atoms with Gasteiger partial charge in [0.25, 0.3) is 0 Å².